The molecular weight excluding hydrogens is 330 g/mol. The van der Waals surface area contributed by atoms with Gasteiger partial charge in [0.15, 0.2) is 5.82 Å². The molecular formula is C19H25N5O2. The molecule has 3 heterocycles. The standard InChI is InChI=1S/C19H25N5O2/c1-2-4-15(5-3-1)26-19-14-21-12-17(23-19)24-10-6-16(7-11-24)25-18-13-20-8-9-22-18/h8-9,12-16H,1-7,10-11H2. The van der Waals surface area contributed by atoms with Crippen LogP contribution >= 0.6 is 0 Å². The number of hydrogen-bond acceptors (Lipinski definition) is 7. The molecule has 1 aliphatic carbocycles. The lowest BCUT2D eigenvalue weighted by Gasteiger charge is -2.32. The van der Waals surface area contributed by atoms with Crippen molar-refractivity contribution >= 4 is 5.82 Å². The number of piperidine rings is 1. The molecule has 0 atom stereocenters. The Balaban J connectivity index is 1.31. The van der Waals surface area contributed by atoms with Gasteiger partial charge >= 0.3 is 0 Å². The van der Waals surface area contributed by atoms with Crippen LogP contribution in [-0.2, 0) is 0 Å². The van der Waals surface area contributed by atoms with Crippen LogP contribution in [0.2, 0.25) is 0 Å². The Morgan fingerprint density at radius 3 is 2.27 bits per heavy atom. The summed E-state index contributed by atoms with van der Waals surface area (Å²) in [5.41, 5.74) is 0. The van der Waals surface area contributed by atoms with Crippen molar-refractivity contribution in [3.05, 3.63) is 31.0 Å². The Labute approximate surface area is 153 Å². The lowest BCUT2D eigenvalue weighted by atomic mass is 9.98. The van der Waals surface area contributed by atoms with Crippen LogP contribution < -0.4 is 14.4 Å². The van der Waals surface area contributed by atoms with E-state index in [9.17, 15) is 0 Å². The third kappa shape index (κ3) is 4.39. The molecule has 1 aliphatic heterocycles. The molecule has 1 saturated heterocycles. The summed E-state index contributed by atoms with van der Waals surface area (Å²) < 4.78 is 11.9. The predicted molar refractivity (Wildman–Crippen MR) is 97.4 cm³/mol. The van der Waals surface area contributed by atoms with Crippen LogP contribution in [0.15, 0.2) is 31.0 Å². The fourth-order valence-corrected chi connectivity index (χ4v) is 3.62. The molecule has 4 rings (SSSR count). The quantitative estimate of drug-likeness (QED) is 0.816. The second-order valence-electron chi connectivity index (χ2n) is 6.94. The fraction of sp³-hybridized carbons (Fsp3) is 0.579. The van der Waals surface area contributed by atoms with Crippen molar-refractivity contribution in [2.75, 3.05) is 18.0 Å². The zero-order valence-electron chi connectivity index (χ0n) is 15.0. The average molecular weight is 355 g/mol. The smallest absolute Gasteiger partial charge is 0.234 e. The molecule has 0 radical (unpaired) electrons. The minimum absolute atomic E-state index is 0.164. The molecule has 0 unspecified atom stereocenters. The summed E-state index contributed by atoms with van der Waals surface area (Å²) in [6.45, 7) is 1.76. The van der Waals surface area contributed by atoms with Gasteiger partial charge in [-0.1, -0.05) is 6.42 Å². The largest absolute Gasteiger partial charge is 0.473 e. The molecule has 2 aliphatic rings. The second-order valence-corrected chi connectivity index (χ2v) is 6.94. The Bertz CT molecular complexity index is 685. The van der Waals surface area contributed by atoms with Crippen LogP contribution in [0.5, 0.6) is 11.8 Å². The first-order valence-electron chi connectivity index (χ1n) is 9.53. The van der Waals surface area contributed by atoms with E-state index in [0.717, 1.165) is 44.6 Å². The summed E-state index contributed by atoms with van der Waals surface area (Å²) in [4.78, 5) is 19.5. The molecule has 7 heteroatoms. The van der Waals surface area contributed by atoms with Gasteiger partial charge in [0.25, 0.3) is 0 Å². The van der Waals surface area contributed by atoms with E-state index in [4.69, 9.17) is 9.47 Å². The highest BCUT2D eigenvalue weighted by molar-refractivity contribution is 5.38. The summed E-state index contributed by atoms with van der Waals surface area (Å²) in [5, 5.41) is 0. The maximum Gasteiger partial charge on any atom is 0.234 e. The molecule has 2 fully saturated rings. The van der Waals surface area contributed by atoms with Crippen LogP contribution in [0.3, 0.4) is 0 Å². The van der Waals surface area contributed by atoms with Gasteiger partial charge in [-0.25, -0.2) is 4.98 Å². The molecule has 0 bridgehead atoms. The normalized spacial score (nSPS) is 19.3. The number of aromatic nitrogens is 4. The molecule has 1 saturated carbocycles. The van der Waals surface area contributed by atoms with Crippen LogP contribution in [0.4, 0.5) is 5.82 Å². The van der Waals surface area contributed by atoms with E-state index in [-0.39, 0.29) is 6.10 Å². The minimum atomic E-state index is 0.164. The summed E-state index contributed by atoms with van der Waals surface area (Å²) in [6, 6.07) is 0. The van der Waals surface area contributed by atoms with E-state index >= 15 is 0 Å². The van der Waals surface area contributed by atoms with Crippen LogP contribution in [0.25, 0.3) is 0 Å². The Morgan fingerprint density at radius 1 is 0.769 bits per heavy atom. The summed E-state index contributed by atoms with van der Waals surface area (Å²) in [5.74, 6) is 2.12. The van der Waals surface area contributed by atoms with E-state index in [1.165, 1.54) is 19.3 Å². The molecule has 0 N–H and O–H groups in total. The Morgan fingerprint density at radius 2 is 1.50 bits per heavy atom. The Hall–Kier alpha value is -2.44. The number of hydrogen-bond donors (Lipinski definition) is 0. The van der Waals surface area contributed by atoms with Gasteiger partial charge in [-0.15, -0.1) is 0 Å². The third-order valence-electron chi connectivity index (χ3n) is 5.03. The summed E-state index contributed by atoms with van der Waals surface area (Å²) >= 11 is 0. The van der Waals surface area contributed by atoms with Crippen LogP contribution in [0, 0.1) is 0 Å². The van der Waals surface area contributed by atoms with Gasteiger partial charge in [-0.3, -0.25) is 9.97 Å². The molecule has 2 aromatic heterocycles. The first-order valence-corrected chi connectivity index (χ1v) is 9.53. The number of ether oxygens (including phenoxy) is 2. The Kier molecular flexibility index (Phi) is 5.42. The lowest BCUT2D eigenvalue weighted by molar-refractivity contribution is 0.147. The van der Waals surface area contributed by atoms with Gasteiger partial charge < -0.3 is 14.4 Å². The second kappa shape index (κ2) is 8.29. The molecule has 138 valence electrons. The van der Waals surface area contributed by atoms with Crippen LogP contribution in [-0.4, -0.2) is 45.2 Å². The molecule has 7 nitrogen and oxygen atoms in total. The third-order valence-corrected chi connectivity index (χ3v) is 5.03. The summed E-state index contributed by atoms with van der Waals surface area (Å²) in [7, 11) is 0. The number of anilines is 1. The van der Waals surface area contributed by atoms with Crippen molar-refractivity contribution in [2.45, 2.75) is 57.2 Å². The molecule has 0 aromatic carbocycles. The zero-order valence-corrected chi connectivity index (χ0v) is 15.0. The van der Waals surface area contributed by atoms with Crippen molar-refractivity contribution in [1.82, 2.24) is 19.9 Å². The van der Waals surface area contributed by atoms with Gasteiger partial charge in [0, 0.05) is 38.3 Å². The summed E-state index contributed by atoms with van der Waals surface area (Å²) in [6.07, 6.45) is 16.9. The fourth-order valence-electron chi connectivity index (χ4n) is 3.62. The van der Waals surface area contributed by atoms with Crippen molar-refractivity contribution < 1.29 is 9.47 Å². The SMILES string of the molecule is c1cnc(OC2CCN(c3cncc(OC4CCCCC4)n3)CC2)cn1. The molecule has 0 amide bonds. The highest BCUT2D eigenvalue weighted by Crippen LogP contribution is 2.25. The van der Waals surface area contributed by atoms with E-state index in [2.05, 4.69) is 24.8 Å². The monoisotopic (exact) mass is 355 g/mol. The van der Waals surface area contributed by atoms with Crippen molar-refractivity contribution in [1.29, 1.82) is 0 Å². The number of nitrogens with zero attached hydrogens (tertiary/aromatic N) is 5. The number of rotatable bonds is 5. The van der Waals surface area contributed by atoms with Crippen molar-refractivity contribution in [3.63, 3.8) is 0 Å². The van der Waals surface area contributed by atoms with E-state index < -0.39 is 0 Å². The first kappa shape index (κ1) is 17.0. The highest BCUT2D eigenvalue weighted by atomic mass is 16.5. The molecule has 26 heavy (non-hydrogen) atoms. The van der Waals surface area contributed by atoms with Crippen molar-refractivity contribution in [2.24, 2.45) is 0 Å². The van der Waals surface area contributed by atoms with E-state index in [0.29, 0.717) is 17.9 Å². The molecule has 0 spiro atoms. The van der Waals surface area contributed by atoms with Gasteiger partial charge in [-0.2, -0.15) is 4.98 Å². The van der Waals surface area contributed by atoms with E-state index in [1.807, 2.05) is 6.20 Å². The maximum atomic E-state index is 6.05. The van der Waals surface area contributed by atoms with Gasteiger partial charge in [0.1, 0.15) is 12.2 Å². The highest BCUT2D eigenvalue weighted by Gasteiger charge is 2.23. The van der Waals surface area contributed by atoms with Gasteiger partial charge in [0.2, 0.25) is 11.8 Å². The maximum absolute atomic E-state index is 6.05. The predicted octanol–water partition coefficient (Wildman–Crippen LogP) is 3.03. The van der Waals surface area contributed by atoms with Gasteiger partial charge in [0.05, 0.1) is 18.6 Å². The lowest BCUT2D eigenvalue weighted by Crippen LogP contribution is -2.39. The topological polar surface area (TPSA) is 73.3 Å². The van der Waals surface area contributed by atoms with Crippen LogP contribution in [0.1, 0.15) is 44.9 Å². The van der Waals surface area contributed by atoms with E-state index in [1.54, 1.807) is 24.8 Å². The van der Waals surface area contributed by atoms with Gasteiger partial charge in [-0.05, 0) is 25.7 Å². The molecule has 2 aromatic rings. The van der Waals surface area contributed by atoms with Crippen molar-refractivity contribution in [3.8, 4) is 11.8 Å². The average Bonchev–Trinajstić information content (AvgIpc) is 2.70. The zero-order chi connectivity index (χ0) is 17.6. The first-order chi connectivity index (χ1) is 12.9. The minimum Gasteiger partial charge on any atom is -0.473 e.